The SMILES string of the molecule is CO[C@@H]1C[C@H](O[C@H]2CC[C@]3(C=O)[C@H]4CC[C@]5(C)[C@@H](C6=CC(=O)OC6)CC[C@]5(O)[C@@H]4CC[C@]3(O)C2)O[C@@H](C)[C@@H]1O. The van der Waals surface area contributed by atoms with E-state index in [1.54, 1.807) is 20.1 Å². The molecule has 39 heavy (non-hydrogen) atoms. The molecule has 6 aliphatic rings. The molecule has 0 aromatic rings. The van der Waals surface area contributed by atoms with Crippen molar-refractivity contribution in [3.05, 3.63) is 11.6 Å². The van der Waals surface area contributed by atoms with E-state index in [-0.39, 0.29) is 35.9 Å². The van der Waals surface area contributed by atoms with E-state index in [0.29, 0.717) is 51.6 Å². The number of carbonyl (C=O) groups excluding carboxylic acids is 2. The second-order valence-corrected chi connectivity index (χ2v) is 13.5. The molecule has 4 aliphatic carbocycles. The first-order chi connectivity index (χ1) is 18.5. The first-order valence-electron chi connectivity index (χ1n) is 14.8. The molecule has 0 unspecified atom stereocenters. The van der Waals surface area contributed by atoms with Crippen LogP contribution in [0.4, 0.5) is 0 Å². The molecule has 0 spiro atoms. The number of aldehydes is 1. The third-order valence-corrected chi connectivity index (χ3v) is 12.1. The third-order valence-electron chi connectivity index (χ3n) is 12.1. The summed E-state index contributed by atoms with van der Waals surface area (Å²) in [6.45, 7) is 4.25. The summed E-state index contributed by atoms with van der Waals surface area (Å²) in [5.74, 6) is -0.420. The zero-order chi connectivity index (χ0) is 27.8. The minimum Gasteiger partial charge on any atom is -0.458 e. The summed E-state index contributed by atoms with van der Waals surface area (Å²) in [7, 11) is 1.57. The van der Waals surface area contributed by atoms with Crippen LogP contribution in [0.5, 0.6) is 0 Å². The number of hydrogen-bond acceptors (Lipinski definition) is 9. The molecule has 12 atom stereocenters. The molecule has 1 saturated heterocycles. The lowest BCUT2D eigenvalue weighted by molar-refractivity contribution is -0.287. The van der Waals surface area contributed by atoms with Gasteiger partial charge < -0.3 is 39.1 Å². The van der Waals surface area contributed by atoms with Crippen LogP contribution in [0.2, 0.25) is 0 Å². The van der Waals surface area contributed by atoms with E-state index in [9.17, 15) is 24.9 Å². The van der Waals surface area contributed by atoms with Gasteiger partial charge in [0.15, 0.2) is 6.29 Å². The second kappa shape index (κ2) is 9.60. The van der Waals surface area contributed by atoms with E-state index < -0.39 is 40.5 Å². The van der Waals surface area contributed by atoms with Gasteiger partial charge in [0.2, 0.25) is 0 Å². The maximum atomic E-state index is 13.0. The summed E-state index contributed by atoms with van der Waals surface area (Å²) in [6, 6.07) is 0. The van der Waals surface area contributed by atoms with E-state index in [0.717, 1.165) is 31.1 Å². The van der Waals surface area contributed by atoms with Gasteiger partial charge in [-0.05, 0) is 81.6 Å². The summed E-state index contributed by atoms with van der Waals surface area (Å²) in [6.07, 6.45) is 6.10. The highest BCUT2D eigenvalue weighted by Crippen LogP contribution is 2.70. The van der Waals surface area contributed by atoms with Crippen LogP contribution in [0.25, 0.3) is 0 Å². The van der Waals surface area contributed by atoms with Gasteiger partial charge in [-0.3, -0.25) is 0 Å². The van der Waals surface area contributed by atoms with Crippen molar-refractivity contribution in [3.63, 3.8) is 0 Å². The number of aliphatic hydroxyl groups is 3. The molecular weight excluding hydrogens is 504 g/mol. The number of hydrogen-bond donors (Lipinski definition) is 3. The van der Waals surface area contributed by atoms with Crippen LogP contribution < -0.4 is 0 Å². The second-order valence-electron chi connectivity index (χ2n) is 13.5. The van der Waals surface area contributed by atoms with Gasteiger partial charge >= 0.3 is 5.97 Å². The fourth-order valence-corrected chi connectivity index (χ4v) is 9.98. The highest BCUT2D eigenvalue weighted by molar-refractivity contribution is 5.85. The Morgan fingerprint density at radius 2 is 1.85 bits per heavy atom. The largest absolute Gasteiger partial charge is 0.458 e. The Labute approximate surface area is 230 Å². The Morgan fingerprint density at radius 1 is 1.08 bits per heavy atom. The fourth-order valence-electron chi connectivity index (χ4n) is 9.98. The van der Waals surface area contributed by atoms with Gasteiger partial charge in [0.1, 0.15) is 19.0 Å². The molecule has 9 heteroatoms. The van der Waals surface area contributed by atoms with Crippen molar-refractivity contribution in [2.24, 2.45) is 28.6 Å². The Hall–Kier alpha value is -1.36. The standard InChI is InChI=1S/C30H44O9/c1-17-26(33)23(36-3)13-25(38-17)39-19-4-9-28(16-31)21-5-8-27(2)20(18-12-24(32)37-15-18)7-11-30(27,35)22(21)6-10-29(28,34)14-19/h12,16-17,19-23,25-26,33-35H,4-11,13-15H2,1-3H3/t17-,19-,20+,21-,22+,23+,25-,26-,27+,28-,29-,30-/m0/s1. The van der Waals surface area contributed by atoms with Crippen LogP contribution in [-0.4, -0.2) is 83.2 Å². The summed E-state index contributed by atoms with van der Waals surface area (Å²) >= 11 is 0. The van der Waals surface area contributed by atoms with E-state index in [1.165, 1.54) is 0 Å². The molecule has 0 amide bonds. The van der Waals surface area contributed by atoms with Crippen LogP contribution in [0.15, 0.2) is 11.6 Å². The Balaban J connectivity index is 1.21. The average molecular weight is 549 g/mol. The van der Waals surface area contributed by atoms with Gasteiger partial charge in [-0.15, -0.1) is 0 Å². The first-order valence-corrected chi connectivity index (χ1v) is 14.8. The number of aliphatic hydroxyl groups excluding tert-OH is 1. The smallest absolute Gasteiger partial charge is 0.331 e. The molecule has 218 valence electrons. The number of ether oxygens (including phenoxy) is 4. The predicted octanol–water partition coefficient (Wildman–Crippen LogP) is 2.43. The molecule has 2 heterocycles. The summed E-state index contributed by atoms with van der Waals surface area (Å²) in [5.41, 5.74) is -2.52. The lowest BCUT2D eigenvalue weighted by Gasteiger charge is -2.65. The maximum Gasteiger partial charge on any atom is 0.331 e. The van der Waals surface area contributed by atoms with Crippen LogP contribution >= 0.6 is 0 Å². The molecule has 9 nitrogen and oxygen atoms in total. The monoisotopic (exact) mass is 548 g/mol. The van der Waals surface area contributed by atoms with Gasteiger partial charge in [-0.1, -0.05) is 6.92 Å². The Bertz CT molecular complexity index is 1030. The number of cyclic esters (lactones) is 1. The normalized spacial score (nSPS) is 53.3. The van der Waals surface area contributed by atoms with E-state index >= 15 is 0 Å². The molecule has 5 fully saturated rings. The highest BCUT2D eigenvalue weighted by atomic mass is 16.7. The molecule has 6 rings (SSSR count). The highest BCUT2D eigenvalue weighted by Gasteiger charge is 2.71. The molecule has 0 bridgehead atoms. The van der Waals surface area contributed by atoms with Crippen LogP contribution in [0, 0.1) is 28.6 Å². The van der Waals surface area contributed by atoms with Crippen LogP contribution in [0.3, 0.4) is 0 Å². The van der Waals surface area contributed by atoms with Crippen molar-refractivity contribution in [1.29, 1.82) is 0 Å². The molecule has 0 aromatic carbocycles. The molecule has 0 radical (unpaired) electrons. The molecular formula is C30H44O9. The minimum atomic E-state index is -1.21. The van der Waals surface area contributed by atoms with Crippen molar-refractivity contribution in [3.8, 4) is 0 Å². The minimum absolute atomic E-state index is 0.0827. The van der Waals surface area contributed by atoms with E-state index in [4.69, 9.17) is 18.9 Å². The Kier molecular flexibility index (Phi) is 6.84. The van der Waals surface area contributed by atoms with E-state index in [1.807, 2.05) is 0 Å². The van der Waals surface area contributed by atoms with Crippen molar-refractivity contribution in [2.75, 3.05) is 13.7 Å². The van der Waals surface area contributed by atoms with Gasteiger partial charge in [-0.2, -0.15) is 0 Å². The molecule has 3 N–H and O–H groups in total. The lowest BCUT2D eigenvalue weighted by atomic mass is 9.41. The van der Waals surface area contributed by atoms with Crippen molar-refractivity contribution >= 4 is 12.3 Å². The predicted molar refractivity (Wildman–Crippen MR) is 138 cm³/mol. The third kappa shape index (κ3) is 3.94. The van der Waals surface area contributed by atoms with Crippen molar-refractivity contribution in [1.82, 2.24) is 0 Å². The average Bonchev–Trinajstić information content (AvgIpc) is 3.45. The topological polar surface area (TPSA) is 132 Å². The van der Waals surface area contributed by atoms with Gasteiger partial charge in [-0.25, -0.2) is 4.79 Å². The summed E-state index contributed by atoms with van der Waals surface area (Å²) in [4.78, 5) is 24.8. The zero-order valence-corrected chi connectivity index (χ0v) is 23.3. The number of rotatable bonds is 5. The number of esters is 1. The van der Waals surface area contributed by atoms with E-state index in [2.05, 4.69) is 6.92 Å². The number of methoxy groups -OCH3 is 1. The first kappa shape index (κ1) is 27.8. The number of fused-ring (bicyclic) bond motifs is 5. The van der Waals surface area contributed by atoms with Crippen LogP contribution in [0.1, 0.15) is 78.1 Å². The summed E-state index contributed by atoms with van der Waals surface area (Å²) in [5, 5.41) is 34.8. The fraction of sp³-hybridized carbons (Fsp3) is 0.867. The Morgan fingerprint density at radius 3 is 2.54 bits per heavy atom. The molecule has 4 saturated carbocycles. The summed E-state index contributed by atoms with van der Waals surface area (Å²) < 4.78 is 22.9. The zero-order valence-electron chi connectivity index (χ0n) is 23.3. The molecule has 2 aliphatic heterocycles. The van der Waals surface area contributed by atoms with Gasteiger partial charge in [0, 0.05) is 31.4 Å². The van der Waals surface area contributed by atoms with Gasteiger partial charge in [0.05, 0.1) is 34.9 Å². The van der Waals surface area contributed by atoms with Crippen LogP contribution in [-0.2, 0) is 28.5 Å². The van der Waals surface area contributed by atoms with Crippen molar-refractivity contribution in [2.45, 2.75) is 120 Å². The molecule has 0 aromatic heterocycles. The maximum absolute atomic E-state index is 13.0. The van der Waals surface area contributed by atoms with Crippen molar-refractivity contribution < 1.29 is 43.9 Å². The quantitative estimate of drug-likeness (QED) is 0.269. The number of carbonyl (C=O) groups is 2. The van der Waals surface area contributed by atoms with Gasteiger partial charge in [0.25, 0.3) is 0 Å². The lowest BCUT2D eigenvalue weighted by Crippen LogP contribution is -2.69.